The molecule has 3 aromatic rings. The van der Waals surface area contributed by atoms with Gasteiger partial charge in [-0.1, -0.05) is 35.9 Å². The maximum atomic E-state index is 13.9. The van der Waals surface area contributed by atoms with Crippen molar-refractivity contribution >= 4 is 29.3 Å². The Kier molecular flexibility index (Phi) is 7.99. The monoisotopic (exact) mass is 504 g/mol. The fourth-order valence-corrected chi connectivity index (χ4v) is 3.29. The highest BCUT2D eigenvalue weighted by molar-refractivity contribution is 6.32. The van der Waals surface area contributed by atoms with Crippen LogP contribution in [0.4, 0.5) is 23.2 Å². The van der Waals surface area contributed by atoms with Gasteiger partial charge in [0.25, 0.3) is 5.91 Å². The Morgan fingerprint density at radius 3 is 2.54 bits per heavy atom. The number of hydrogen-bond donors (Lipinski definition) is 1. The third-order valence-electron chi connectivity index (χ3n) is 4.71. The van der Waals surface area contributed by atoms with E-state index >= 15 is 0 Å². The van der Waals surface area contributed by atoms with Crippen molar-refractivity contribution in [3.8, 4) is 17.6 Å². The van der Waals surface area contributed by atoms with Gasteiger partial charge in [0.05, 0.1) is 17.7 Å². The molecule has 35 heavy (non-hydrogen) atoms. The van der Waals surface area contributed by atoms with E-state index in [-0.39, 0.29) is 34.4 Å². The molecule has 3 rings (SSSR count). The molecule has 0 aromatic heterocycles. The summed E-state index contributed by atoms with van der Waals surface area (Å²) in [4.78, 5) is 12.5. The van der Waals surface area contributed by atoms with Gasteiger partial charge in [0.1, 0.15) is 24.1 Å². The van der Waals surface area contributed by atoms with Crippen LogP contribution >= 0.6 is 11.6 Å². The van der Waals surface area contributed by atoms with Gasteiger partial charge in [-0.15, -0.1) is 0 Å². The van der Waals surface area contributed by atoms with Gasteiger partial charge in [0.2, 0.25) is 0 Å². The van der Waals surface area contributed by atoms with Gasteiger partial charge in [0.15, 0.2) is 11.5 Å². The average Bonchev–Trinajstić information content (AvgIpc) is 2.82. The minimum absolute atomic E-state index is 0.0718. The number of amides is 1. The zero-order valence-corrected chi connectivity index (χ0v) is 18.9. The van der Waals surface area contributed by atoms with Crippen molar-refractivity contribution in [2.75, 3.05) is 12.4 Å². The highest BCUT2D eigenvalue weighted by Crippen LogP contribution is 2.38. The average molecular weight is 505 g/mol. The van der Waals surface area contributed by atoms with Crippen LogP contribution in [0.25, 0.3) is 6.08 Å². The summed E-state index contributed by atoms with van der Waals surface area (Å²) in [6.45, 7) is -0.124. The van der Waals surface area contributed by atoms with Crippen molar-refractivity contribution < 1.29 is 31.8 Å². The van der Waals surface area contributed by atoms with Crippen LogP contribution in [0.3, 0.4) is 0 Å². The molecule has 3 aromatic carbocycles. The Hall–Kier alpha value is -4.03. The Bertz CT molecular complexity index is 1320. The molecule has 1 amide bonds. The molecular weight excluding hydrogens is 488 g/mol. The van der Waals surface area contributed by atoms with E-state index < -0.39 is 23.5 Å². The Morgan fingerprint density at radius 1 is 1.14 bits per heavy atom. The zero-order valence-electron chi connectivity index (χ0n) is 18.1. The summed E-state index contributed by atoms with van der Waals surface area (Å²) in [5.41, 5.74) is -0.868. The number of benzene rings is 3. The molecule has 0 bridgehead atoms. The van der Waals surface area contributed by atoms with Crippen molar-refractivity contribution in [1.29, 1.82) is 5.26 Å². The molecule has 0 aliphatic rings. The van der Waals surface area contributed by atoms with Crippen molar-refractivity contribution in [3.05, 3.63) is 93.8 Å². The Morgan fingerprint density at radius 2 is 1.89 bits per heavy atom. The molecule has 1 N–H and O–H groups in total. The first-order chi connectivity index (χ1) is 16.6. The second-order valence-corrected chi connectivity index (χ2v) is 7.52. The number of ether oxygens (including phenoxy) is 2. The molecule has 0 aliphatic carbocycles. The normalized spacial score (nSPS) is 11.5. The van der Waals surface area contributed by atoms with Crippen LogP contribution in [0.5, 0.6) is 11.5 Å². The Balaban J connectivity index is 1.83. The van der Waals surface area contributed by atoms with E-state index in [1.807, 2.05) is 0 Å². The Labute approximate surface area is 203 Å². The maximum absolute atomic E-state index is 13.9. The quantitative estimate of drug-likeness (QED) is 0.223. The summed E-state index contributed by atoms with van der Waals surface area (Å²) < 4.78 is 63.5. The molecule has 0 atom stereocenters. The summed E-state index contributed by atoms with van der Waals surface area (Å²) in [5, 5.41) is 11.8. The highest BCUT2D eigenvalue weighted by Gasteiger charge is 2.30. The van der Waals surface area contributed by atoms with E-state index in [4.69, 9.17) is 21.1 Å². The third kappa shape index (κ3) is 6.52. The largest absolute Gasteiger partial charge is 0.493 e. The van der Waals surface area contributed by atoms with Crippen LogP contribution in [0.2, 0.25) is 5.02 Å². The number of nitriles is 1. The lowest BCUT2D eigenvalue weighted by atomic mass is 10.1. The molecule has 0 saturated carbocycles. The lowest BCUT2D eigenvalue weighted by Gasteiger charge is -2.14. The standard InChI is InChI=1S/C25H17ClF4N2O3/c1-34-22-11-15(10-20(26)23(22)35-14-16-5-2-3-8-21(16)27)9-17(13-31)24(33)32-19-7-4-6-18(12-19)25(28,29)30/h2-12H,14H2,1H3,(H,32,33)/b17-9+. The summed E-state index contributed by atoms with van der Waals surface area (Å²) in [6.07, 6.45) is -3.39. The van der Waals surface area contributed by atoms with Gasteiger partial charge in [0, 0.05) is 11.3 Å². The van der Waals surface area contributed by atoms with Gasteiger partial charge >= 0.3 is 6.18 Å². The van der Waals surface area contributed by atoms with E-state index in [1.165, 1.54) is 37.5 Å². The van der Waals surface area contributed by atoms with Crippen molar-refractivity contribution in [3.63, 3.8) is 0 Å². The number of methoxy groups -OCH3 is 1. The first kappa shape index (κ1) is 25.6. The molecular formula is C25H17ClF4N2O3. The van der Waals surface area contributed by atoms with E-state index in [2.05, 4.69) is 5.32 Å². The van der Waals surface area contributed by atoms with Crippen LogP contribution in [0, 0.1) is 17.1 Å². The fraction of sp³-hybridized carbons (Fsp3) is 0.120. The molecule has 0 spiro atoms. The lowest BCUT2D eigenvalue weighted by Crippen LogP contribution is -2.14. The molecule has 0 fully saturated rings. The molecule has 0 saturated heterocycles. The SMILES string of the molecule is COc1cc(/C=C(\C#N)C(=O)Nc2cccc(C(F)(F)F)c2)cc(Cl)c1OCc1ccccc1F. The predicted octanol–water partition coefficient (Wildman–Crippen LogP) is 6.63. The lowest BCUT2D eigenvalue weighted by molar-refractivity contribution is -0.137. The molecule has 180 valence electrons. The summed E-state index contributed by atoms with van der Waals surface area (Å²) in [7, 11) is 1.35. The van der Waals surface area contributed by atoms with Gasteiger partial charge in [-0.05, 0) is 48.0 Å². The first-order valence-corrected chi connectivity index (χ1v) is 10.3. The first-order valence-electron chi connectivity index (χ1n) is 9.96. The van der Waals surface area contributed by atoms with Crippen LogP contribution in [0.15, 0.2) is 66.2 Å². The second kappa shape index (κ2) is 10.9. The van der Waals surface area contributed by atoms with Crippen LogP contribution in [0.1, 0.15) is 16.7 Å². The topological polar surface area (TPSA) is 71.3 Å². The summed E-state index contributed by atoms with van der Waals surface area (Å²) in [6, 6.07) is 14.6. The molecule has 10 heteroatoms. The summed E-state index contributed by atoms with van der Waals surface area (Å²) in [5.74, 6) is -1.08. The number of carbonyl (C=O) groups excluding carboxylic acids is 1. The van der Waals surface area contributed by atoms with E-state index in [0.29, 0.717) is 11.1 Å². The molecule has 0 aliphatic heterocycles. The molecule has 0 radical (unpaired) electrons. The van der Waals surface area contributed by atoms with E-state index in [0.717, 1.165) is 18.2 Å². The number of rotatable bonds is 7. The van der Waals surface area contributed by atoms with Crippen LogP contribution < -0.4 is 14.8 Å². The van der Waals surface area contributed by atoms with E-state index in [1.54, 1.807) is 24.3 Å². The van der Waals surface area contributed by atoms with Crippen LogP contribution in [-0.4, -0.2) is 13.0 Å². The van der Waals surface area contributed by atoms with Crippen molar-refractivity contribution in [1.82, 2.24) is 0 Å². The smallest absolute Gasteiger partial charge is 0.416 e. The fourth-order valence-electron chi connectivity index (χ4n) is 3.02. The van der Waals surface area contributed by atoms with Crippen molar-refractivity contribution in [2.24, 2.45) is 0 Å². The van der Waals surface area contributed by atoms with Gasteiger partial charge < -0.3 is 14.8 Å². The minimum Gasteiger partial charge on any atom is -0.493 e. The second-order valence-electron chi connectivity index (χ2n) is 7.12. The van der Waals surface area contributed by atoms with Crippen LogP contribution in [-0.2, 0) is 17.6 Å². The number of halogens is 5. The van der Waals surface area contributed by atoms with Gasteiger partial charge in [-0.3, -0.25) is 4.79 Å². The molecule has 0 unspecified atom stereocenters. The summed E-state index contributed by atoms with van der Waals surface area (Å²) >= 11 is 6.30. The number of nitrogens with zero attached hydrogens (tertiary/aromatic N) is 1. The number of hydrogen-bond acceptors (Lipinski definition) is 4. The number of alkyl halides is 3. The van der Waals surface area contributed by atoms with Crippen molar-refractivity contribution in [2.45, 2.75) is 12.8 Å². The van der Waals surface area contributed by atoms with Gasteiger partial charge in [-0.2, -0.15) is 18.4 Å². The molecule has 5 nitrogen and oxygen atoms in total. The predicted molar refractivity (Wildman–Crippen MR) is 122 cm³/mol. The van der Waals surface area contributed by atoms with Gasteiger partial charge in [-0.25, -0.2) is 4.39 Å². The zero-order chi connectivity index (χ0) is 25.6. The number of nitrogens with one attached hydrogen (secondary N) is 1. The number of anilines is 1. The number of carbonyl (C=O) groups is 1. The van der Waals surface area contributed by atoms with E-state index in [9.17, 15) is 27.6 Å². The minimum atomic E-state index is -4.59. The molecule has 0 heterocycles. The third-order valence-corrected chi connectivity index (χ3v) is 4.99. The maximum Gasteiger partial charge on any atom is 0.416 e. The highest BCUT2D eigenvalue weighted by atomic mass is 35.5.